The zero-order chi connectivity index (χ0) is 15.5. The number of para-hydroxylation sites is 1. The number of fused-ring (bicyclic) bond motifs is 1. The number of hydrogen-bond acceptors (Lipinski definition) is 3. The Morgan fingerprint density at radius 3 is 2.57 bits per heavy atom. The lowest BCUT2D eigenvalue weighted by Gasteiger charge is -2.08. The Balaban J connectivity index is 1.83. The minimum Gasteiger partial charge on any atom is -0.466 e. The second-order valence-corrected chi connectivity index (χ2v) is 5.08. The van der Waals surface area contributed by atoms with E-state index in [1.54, 1.807) is 10.9 Å². The largest absolute Gasteiger partial charge is 0.466 e. The Hall–Kier alpha value is -3.32. The lowest BCUT2D eigenvalue weighted by atomic mass is 10.1. The van der Waals surface area contributed by atoms with Gasteiger partial charge in [-0.05, 0) is 36.4 Å². The molecule has 2 aromatic carbocycles. The van der Waals surface area contributed by atoms with Gasteiger partial charge in [-0.25, -0.2) is 4.68 Å². The van der Waals surface area contributed by atoms with Crippen LogP contribution in [-0.2, 0) is 0 Å². The molecule has 0 amide bonds. The van der Waals surface area contributed by atoms with Gasteiger partial charge in [0.25, 0.3) is 0 Å². The van der Waals surface area contributed by atoms with E-state index in [4.69, 9.17) is 4.42 Å². The van der Waals surface area contributed by atoms with Crippen molar-refractivity contribution in [3.8, 4) is 11.8 Å². The molecule has 0 aliphatic heterocycles. The third kappa shape index (κ3) is 2.60. The summed E-state index contributed by atoms with van der Waals surface area (Å²) >= 11 is 0. The van der Waals surface area contributed by atoms with E-state index in [2.05, 4.69) is 22.2 Å². The highest BCUT2D eigenvalue weighted by atomic mass is 16.3. The lowest BCUT2D eigenvalue weighted by Crippen LogP contribution is -2.09. The van der Waals surface area contributed by atoms with Crippen LogP contribution in [-0.4, -0.2) is 15.0 Å². The van der Waals surface area contributed by atoms with Crippen molar-refractivity contribution in [2.45, 2.75) is 6.04 Å². The second-order valence-electron chi connectivity index (χ2n) is 5.08. The standard InChI is InChI=1S/C19H13N3O/c1-2-7-15(8-3-1)12-13-18(19-11-6-14-23-19)22-17-10-5-4-9-16(17)20-21-22/h1-11,14,18H. The van der Waals surface area contributed by atoms with E-state index in [9.17, 15) is 0 Å². The van der Waals surface area contributed by atoms with Crippen molar-refractivity contribution in [1.82, 2.24) is 15.0 Å². The van der Waals surface area contributed by atoms with Gasteiger partial charge in [0, 0.05) is 5.56 Å². The molecule has 0 N–H and O–H groups in total. The summed E-state index contributed by atoms with van der Waals surface area (Å²) in [5.41, 5.74) is 2.72. The van der Waals surface area contributed by atoms with Crippen molar-refractivity contribution in [3.63, 3.8) is 0 Å². The van der Waals surface area contributed by atoms with Crippen LogP contribution < -0.4 is 0 Å². The van der Waals surface area contributed by atoms with Crippen molar-refractivity contribution in [1.29, 1.82) is 0 Å². The summed E-state index contributed by atoms with van der Waals surface area (Å²) < 4.78 is 7.36. The van der Waals surface area contributed by atoms with Crippen LogP contribution in [0.5, 0.6) is 0 Å². The predicted molar refractivity (Wildman–Crippen MR) is 87.7 cm³/mol. The summed E-state index contributed by atoms with van der Waals surface area (Å²) in [4.78, 5) is 0. The number of aromatic nitrogens is 3. The maximum atomic E-state index is 5.57. The zero-order valence-corrected chi connectivity index (χ0v) is 12.3. The van der Waals surface area contributed by atoms with Gasteiger partial charge >= 0.3 is 0 Å². The molecule has 23 heavy (non-hydrogen) atoms. The number of benzene rings is 2. The third-order valence-electron chi connectivity index (χ3n) is 3.56. The summed E-state index contributed by atoms with van der Waals surface area (Å²) in [6.07, 6.45) is 1.64. The van der Waals surface area contributed by atoms with Crippen LogP contribution in [0.2, 0.25) is 0 Å². The van der Waals surface area contributed by atoms with Crippen molar-refractivity contribution in [3.05, 3.63) is 84.3 Å². The molecule has 0 radical (unpaired) electrons. The average molecular weight is 299 g/mol. The molecule has 0 spiro atoms. The van der Waals surface area contributed by atoms with Gasteiger partial charge in [-0.2, -0.15) is 0 Å². The fraction of sp³-hybridized carbons (Fsp3) is 0.0526. The molecule has 110 valence electrons. The molecule has 0 fully saturated rings. The van der Waals surface area contributed by atoms with Gasteiger partial charge in [0.05, 0.1) is 11.8 Å². The first kappa shape index (κ1) is 13.4. The highest BCUT2D eigenvalue weighted by Crippen LogP contribution is 2.22. The SMILES string of the molecule is C(#CC(c1ccco1)n1nnc2ccccc21)c1ccccc1. The Bertz CT molecular complexity index is 976. The first-order valence-electron chi connectivity index (χ1n) is 7.32. The highest BCUT2D eigenvalue weighted by Gasteiger charge is 2.18. The van der Waals surface area contributed by atoms with Crippen LogP contribution in [0.25, 0.3) is 11.0 Å². The molecule has 4 rings (SSSR count). The summed E-state index contributed by atoms with van der Waals surface area (Å²) in [5, 5.41) is 8.48. The fourth-order valence-corrected chi connectivity index (χ4v) is 2.45. The molecule has 2 heterocycles. The van der Waals surface area contributed by atoms with Crippen LogP contribution in [0.3, 0.4) is 0 Å². The zero-order valence-electron chi connectivity index (χ0n) is 12.3. The van der Waals surface area contributed by atoms with E-state index in [0.29, 0.717) is 0 Å². The van der Waals surface area contributed by atoms with Crippen LogP contribution in [0.4, 0.5) is 0 Å². The van der Waals surface area contributed by atoms with Crippen LogP contribution in [0, 0.1) is 11.8 Å². The first-order valence-corrected chi connectivity index (χ1v) is 7.32. The monoisotopic (exact) mass is 299 g/mol. The van der Waals surface area contributed by atoms with Gasteiger partial charge in [0.15, 0.2) is 6.04 Å². The Morgan fingerprint density at radius 2 is 1.74 bits per heavy atom. The van der Waals surface area contributed by atoms with Crippen LogP contribution in [0.1, 0.15) is 17.4 Å². The summed E-state index contributed by atoms with van der Waals surface area (Å²) in [5.74, 6) is 7.18. The van der Waals surface area contributed by atoms with Gasteiger partial charge in [0.2, 0.25) is 0 Å². The minimum absolute atomic E-state index is 0.322. The molecule has 4 nitrogen and oxygen atoms in total. The molecule has 0 saturated carbocycles. The van der Waals surface area contributed by atoms with Crippen molar-refractivity contribution in [2.75, 3.05) is 0 Å². The van der Waals surface area contributed by atoms with Crippen molar-refractivity contribution < 1.29 is 4.42 Å². The maximum absolute atomic E-state index is 5.57. The van der Waals surface area contributed by atoms with Crippen molar-refractivity contribution in [2.24, 2.45) is 0 Å². The van der Waals surface area contributed by atoms with Gasteiger partial charge in [-0.15, -0.1) is 5.10 Å². The van der Waals surface area contributed by atoms with E-state index in [0.717, 1.165) is 22.4 Å². The molecule has 4 heteroatoms. The Labute approximate surface area is 133 Å². The van der Waals surface area contributed by atoms with Gasteiger partial charge in [-0.1, -0.05) is 47.4 Å². The van der Waals surface area contributed by atoms with Crippen LogP contribution in [0.15, 0.2) is 77.4 Å². The molecule has 0 saturated heterocycles. The Morgan fingerprint density at radius 1 is 0.913 bits per heavy atom. The molecule has 0 bridgehead atoms. The number of furan rings is 1. The number of hydrogen-bond donors (Lipinski definition) is 0. The molecule has 0 aliphatic rings. The van der Waals surface area contributed by atoms with E-state index < -0.39 is 0 Å². The predicted octanol–water partition coefficient (Wildman–Crippen LogP) is 3.67. The number of nitrogens with zero attached hydrogens (tertiary/aromatic N) is 3. The molecule has 1 atom stereocenters. The van der Waals surface area contributed by atoms with E-state index in [-0.39, 0.29) is 6.04 Å². The van der Waals surface area contributed by atoms with Gasteiger partial charge < -0.3 is 4.42 Å². The second kappa shape index (κ2) is 5.82. The normalized spacial score (nSPS) is 11.8. The fourth-order valence-electron chi connectivity index (χ4n) is 2.45. The van der Waals surface area contributed by atoms with Crippen LogP contribution >= 0.6 is 0 Å². The molecule has 0 aliphatic carbocycles. The summed E-state index contributed by atoms with van der Waals surface area (Å²) in [6, 6.07) is 21.1. The quantitative estimate of drug-likeness (QED) is 0.530. The van der Waals surface area contributed by atoms with E-state index in [1.165, 1.54) is 0 Å². The lowest BCUT2D eigenvalue weighted by molar-refractivity contribution is 0.455. The molecule has 1 unspecified atom stereocenters. The van der Waals surface area contributed by atoms with Crippen molar-refractivity contribution >= 4 is 11.0 Å². The van der Waals surface area contributed by atoms with Gasteiger partial charge in [-0.3, -0.25) is 0 Å². The number of rotatable bonds is 2. The molecule has 4 aromatic rings. The molecular weight excluding hydrogens is 286 g/mol. The molecule has 2 aromatic heterocycles. The average Bonchev–Trinajstić information content (AvgIpc) is 3.27. The Kier molecular flexibility index (Phi) is 3.38. The first-order chi connectivity index (χ1) is 11.4. The third-order valence-corrected chi connectivity index (χ3v) is 3.56. The van der Waals surface area contributed by atoms with E-state index in [1.807, 2.05) is 66.7 Å². The highest BCUT2D eigenvalue weighted by molar-refractivity contribution is 5.74. The maximum Gasteiger partial charge on any atom is 0.172 e. The van der Waals surface area contributed by atoms with Gasteiger partial charge in [0.1, 0.15) is 11.3 Å². The van der Waals surface area contributed by atoms with E-state index >= 15 is 0 Å². The summed E-state index contributed by atoms with van der Waals surface area (Å²) in [6.45, 7) is 0. The summed E-state index contributed by atoms with van der Waals surface area (Å²) in [7, 11) is 0. The smallest absolute Gasteiger partial charge is 0.172 e. The molecular formula is C19H13N3O. The topological polar surface area (TPSA) is 43.9 Å². The minimum atomic E-state index is -0.322.